The Labute approximate surface area is 97.4 Å². The fraction of sp³-hybridized carbons (Fsp3) is 0.300. The fourth-order valence-corrected chi connectivity index (χ4v) is 1.14. The highest BCUT2D eigenvalue weighted by molar-refractivity contribution is 5.98. The van der Waals surface area contributed by atoms with Gasteiger partial charge in [0.2, 0.25) is 5.91 Å². The van der Waals surface area contributed by atoms with E-state index in [9.17, 15) is 14.0 Å². The Morgan fingerprint density at radius 1 is 1.41 bits per heavy atom. The van der Waals surface area contributed by atoms with Gasteiger partial charge in [-0.15, -0.1) is 0 Å². The quantitative estimate of drug-likeness (QED) is 0.628. The van der Waals surface area contributed by atoms with Crippen molar-refractivity contribution in [2.24, 2.45) is 0 Å². The average molecular weight is 240 g/mol. The molecule has 1 heterocycles. The second-order valence-electron chi connectivity index (χ2n) is 3.33. The van der Waals surface area contributed by atoms with Crippen molar-refractivity contribution in [3.63, 3.8) is 0 Å². The Morgan fingerprint density at radius 3 is 2.71 bits per heavy atom. The first kappa shape index (κ1) is 12.9. The number of aromatic nitrogens is 1. The lowest BCUT2D eigenvalue weighted by atomic mass is 10.2. The summed E-state index contributed by atoms with van der Waals surface area (Å²) in [6.07, 6.45) is 0.934. The van der Waals surface area contributed by atoms with Crippen molar-refractivity contribution < 1.29 is 14.0 Å². The predicted molar refractivity (Wildman–Crippen MR) is 59.6 cm³/mol. The molecule has 92 valence electrons. The van der Waals surface area contributed by atoms with Crippen LogP contribution in [0.25, 0.3) is 0 Å². The van der Waals surface area contributed by atoms with Gasteiger partial charge in [0.15, 0.2) is 0 Å². The molecule has 0 aliphatic rings. The minimum Gasteiger partial charge on any atom is -0.383 e. The van der Waals surface area contributed by atoms with Gasteiger partial charge in [0.25, 0.3) is 5.91 Å². The number of anilines is 1. The normalized spacial score (nSPS) is 9.76. The number of carbonyl (C=O) groups excluding carboxylic acids is 2. The maximum absolute atomic E-state index is 12.8. The molecule has 6 nitrogen and oxygen atoms in total. The highest BCUT2D eigenvalue weighted by Crippen LogP contribution is 2.09. The molecule has 0 spiro atoms. The standard InChI is InChI=1S/C10H13FN4O2/c1-6(16)13-2-3-14-10(17)8-4-7(11)5-15-9(8)12/h4-5H,2-3H2,1H3,(H2,12,15)(H,13,16)(H,14,17). The van der Waals surface area contributed by atoms with Gasteiger partial charge >= 0.3 is 0 Å². The monoisotopic (exact) mass is 240 g/mol. The molecule has 0 bridgehead atoms. The summed E-state index contributed by atoms with van der Waals surface area (Å²) in [6.45, 7) is 1.90. The van der Waals surface area contributed by atoms with E-state index in [1.807, 2.05) is 0 Å². The van der Waals surface area contributed by atoms with E-state index in [-0.39, 0.29) is 23.8 Å². The molecule has 0 aromatic carbocycles. The molecule has 0 saturated heterocycles. The maximum Gasteiger partial charge on any atom is 0.255 e. The van der Waals surface area contributed by atoms with Gasteiger partial charge in [-0.05, 0) is 6.07 Å². The average Bonchev–Trinajstić information content (AvgIpc) is 2.27. The Bertz CT molecular complexity index is 436. The van der Waals surface area contributed by atoms with E-state index < -0.39 is 11.7 Å². The third-order valence-corrected chi connectivity index (χ3v) is 1.91. The van der Waals surface area contributed by atoms with Crippen molar-refractivity contribution in [3.05, 3.63) is 23.6 Å². The van der Waals surface area contributed by atoms with Crippen molar-refractivity contribution in [1.29, 1.82) is 0 Å². The number of rotatable bonds is 4. The molecule has 0 radical (unpaired) electrons. The second-order valence-corrected chi connectivity index (χ2v) is 3.33. The van der Waals surface area contributed by atoms with Crippen LogP contribution in [0, 0.1) is 5.82 Å². The summed E-state index contributed by atoms with van der Waals surface area (Å²) in [6, 6.07) is 1.01. The first-order valence-corrected chi connectivity index (χ1v) is 4.94. The van der Waals surface area contributed by atoms with Crippen LogP contribution in [0.3, 0.4) is 0 Å². The molecular weight excluding hydrogens is 227 g/mol. The highest BCUT2D eigenvalue weighted by atomic mass is 19.1. The van der Waals surface area contributed by atoms with Crippen LogP contribution < -0.4 is 16.4 Å². The highest BCUT2D eigenvalue weighted by Gasteiger charge is 2.11. The van der Waals surface area contributed by atoms with Crippen molar-refractivity contribution >= 4 is 17.6 Å². The molecule has 1 aromatic heterocycles. The van der Waals surface area contributed by atoms with Gasteiger partial charge < -0.3 is 16.4 Å². The number of nitrogen functional groups attached to an aromatic ring is 1. The molecule has 1 aromatic rings. The zero-order chi connectivity index (χ0) is 12.8. The van der Waals surface area contributed by atoms with E-state index in [2.05, 4.69) is 15.6 Å². The van der Waals surface area contributed by atoms with Crippen LogP contribution in [0.1, 0.15) is 17.3 Å². The Morgan fingerprint density at radius 2 is 2.06 bits per heavy atom. The zero-order valence-corrected chi connectivity index (χ0v) is 9.29. The molecule has 0 aliphatic heterocycles. The van der Waals surface area contributed by atoms with E-state index in [4.69, 9.17) is 5.73 Å². The van der Waals surface area contributed by atoms with Crippen LogP contribution in [0.4, 0.5) is 10.2 Å². The molecule has 0 atom stereocenters. The van der Waals surface area contributed by atoms with Gasteiger partial charge in [-0.1, -0.05) is 0 Å². The molecule has 0 fully saturated rings. The molecule has 1 rings (SSSR count). The first-order valence-electron chi connectivity index (χ1n) is 4.94. The lowest BCUT2D eigenvalue weighted by Gasteiger charge is -2.07. The number of amides is 2. The fourth-order valence-electron chi connectivity index (χ4n) is 1.14. The van der Waals surface area contributed by atoms with E-state index in [1.165, 1.54) is 6.92 Å². The molecule has 2 amide bonds. The second kappa shape index (κ2) is 5.78. The van der Waals surface area contributed by atoms with Crippen LogP contribution in [0.15, 0.2) is 12.3 Å². The smallest absolute Gasteiger partial charge is 0.255 e. The summed E-state index contributed by atoms with van der Waals surface area (Å²) in [7, 11) is 0. The number of hydrogen-bond donors (Lipinski definition) is 3. The van der Waals surface area contributed by atoms with Gasteiger partial charge in [0.1, 0.15) is 11.6 Å². The van der Waals surface area contributed by atoms with Crippen LogP contribution in [0.2, 0.25) is 0 Å². The zero-order valence-electron chi connectivity index (χ0n) is 9.29. The minimum atomic E-state index is -0.633. The molecular formula is C10H13FN4O2. The van der Waals surface area contributed by atoms with Crippen molar-refractivity contribution in [2.75, 3.05) is 18.8 Å². The summed E-state index contributed by atoms with van der Waals surface area (Å²) >= 11 is 0. The number of hydrogen-bond acceptors (Lipinski definition) is 4. The van der Waals surface area contributed by atoms with Gasteiger partial charge in [-0.3, -0.25) is 9.59 Å². The van der Waals surface area contributed by atoms with Crippen LogP contribution in [-0.2, 0) is 4.79 Å². The van der Waals surface area contributed by atoms with Crippen molar-refractivity contribution in [3.8, 4) is 0 Å². The number of nitrogens with zero attached hydrogens (tertiary/aromatic N) is 1. The Balaban J connectivity index is 2.52. The molecule has 7 heteroatoms. The van der Waals surface area contributed by atoms with Crippen molar-refractivity contribution in [2.45, 2.75) is 6.92 Å². The van der Waals surface area contributed by atoms with Gasteiger partial charge in [-0.2, -0.15) is 0 Å². The van der Waals surface area contributed by atoms with Gasteiger partial charge in [-0.25, -0.2) is 9.37 Å². The van der Waals surface area contributed by atoms with E-state index in [0.29, 0.717) is 6.54 Å². The van der Waals surface area contributed by atoms with E-state index >= 15 is 0 Å². The molecule has 4 N–H and O–H groups in total. The van der Waals surface area contributed by atoms with Crippen LogP contribution in [0.5, 0.6) is 0 Å². The van der Waals surface area contributed by atoms with E-state index in [0.717, 1.165) is 12.3 Å². The largest absolute Gasteiger partial charge is 0.383 e. The minimum absolute atomic E-state index is 0.0205. The maximum atomic E-state index is 12.8. The van der Waals surface area contributed by atoms with Crippen LogP contribution in [-0.4, -0.2) is 29.9 Å². The predicted octanol–water partition coefficient (Wildman–Crippen LogP) is -0.331. The number of nitrogens with one attached hydrogen (secondary N) is 2. The number of halogens is 1. The Hall–Kier alpha value is -2.18. The lowest BCUT2D eigenvalue weighted by molar-refractivity contribution is -0.118. The third-order valence-electron chi connectivity index (χ3n) is 1.91. The number of nitrogens with two attached hydrogens (primary N) is 1. The molecule has 0 saturated carbocycles. The molecule has 0 aliphatic carbocycles. The SMILES string of the molecule is CC(=O)NCCNC(=O)c1cc(F)cnc1N. The molecule has 17 heavy (non-hydrogen) atoms. The number of carbonyl (C=O) groups is 2. The van der Waals surface area contributed by atoms with Gasteiger partial charge in [0.05, 0.1) is 11.8 Å². The first-order chi connectivity index (χ1) is 8.00. The summed E-state index contributed by atoms with van der Waals surface area (Å²) in [5.41, 5.74) is 5.41. The third kappa shape index (κ3) is 4.06. The number of pyridine rings is 1. The van der Waals surface area contributed by atoms with Gasteiger partial charge in [0, 0.05) is 20.0 Å². The lowest BCUT2D eigenvalue weighted by Crippen LogP contribution is -2.34. The summed E-state index contributed by atoms with van der Waals surface area (Å²) in [5, 5.41) is 4.99. The topological polar surface area (TPSA) is 97.1 Å². The Kier molecular flexibility index (Phi) is 4.38. The van der Waals surface area contributed by atoms with E-state index in [1.54, 1.807) is 0 Å². The summed E-state index contributed by atoms with van der Waals surface area (Å²) in [4.78, 5) is 25.6. The summed E-state index contributed by atoms with van der Waals surface area (Å²) < 4.78 is 12.8. The molecule has 0 unspecified atom stereocenters. The van der Waals surface area contributed by atoms with Crippen LogP contribution >= 0.6 is 0 Å². The summed E-state index contributed by atoms with van der Waals surface area (Å²) in [5.74, 6) is -1.39. The van der Waals surface area contributed by atoms with Crippen molar-refractivity contribution in [1.82, 2.24) is 15.6 Å².